The Labute approximate surface area is 130 Å². The summed E-state index contributed by atoms with van der Waals surface area (Å²) in [4.78, 5) is 11.7. The van der Waals surface area contributed by atoms with Crippen LogP contribution in [-0.2, 0) is 13.8 Å². The van der Waals surface area contributed by atoms with E-state index in [2.05, 4.69) is 5.32 Å². The summed E-state index contributed by atoms with van der Waals surface area (Å²) in [6, 6.07) is 2.95. The second kappa shape index (κ2) is 7.13. The van der Waals surface area contributed by atoms with Crippen LogP contribution in [0.1, 0.15) is 31.4 Å². The van der Waals surface area contributed by atoms with Crippen molar-refractivity contribution in [2.24, 2.45) is 0 Å². The van der Waals surface area contributed by atoms with Crippen LogP contribution in [0.2, 0.25) is 0 Å². The van der Waals surface area contributed by atoms with E-state index >= 15 is 0 Å². The zero-order valence-corrected chi connectivity index (χ0v) is 14.1. The van der Waals surface area contributed by atoms with E-state index < -0.39 is 9.05 Å². The molecule has 1 aromatic carbocycles. The molecule has 1 N–H and O–H groups in total. The lowest BCUT2D eigenvalue weighted by Crippen LogP contribution is -2.35. The Morgan fingerprint density at radius 2 is 1.86 bits per heavy atom. The van der Waals surface area contributed by atoms with E-state index in [9.17, 15) is 13.2 Å². The molecule has 21 heavy (non-hydrogen) atoms. The zero-order valence-electron chi connectivity index (χ0n) is 12.6. The standard InChI is InChI=1S/C14H20ClNO4S/c1-5-11(4)16-13(17)8-20-14-9(2)6-12(7-10(14)3)21(15,18)19/h6-7,11H,5,8H2,1-4H3,(H,16,17). The molecule has 0 saturated heterocycles. The summed E-state index contributed by atoms with van der Waals surface area (Å²) in [5, 5.41) is 2.79. The monoisotopic (exact) mass is 333 g/mol. The Morgan fingerprint density at radius 3 is 2.29 bits per heavy atom. The van der Waals surface area contributed by atoms with Crippen LogP contribution in [0.3, 0.4) is 0 Å². The van der Waals surface area contributed by atoms with Gasteiger partial charge in [-0.3, -0.25) is 4.79 Å². The van der Waals surface area contributed by atoms with Crippen molar-refractivity contribution < 1.29 is 17.9 Å². The van der Waals surface area contributed by atoms with Gasteiger partial charge in [-0.2, -0.15) is 0 Å². The van der Waals surface area contributed by atoms with Gasteiger partial charge < -0.3 is 10.1 Å². The average Bonchev–Trinajstić information content (AvgIpc) is 2.36. The van der Waals surface area contributed by atoms with Gasteiger partial charge in [-0.05, 0) is 50.5 Å². The number of carbonyl (C=O) groups is 1. The number of amides is 1. The van der Waals surface area contributed by atoms with Crippen molar-refractivity contribution in [1.29, 1.82) is 0 Å². The number of hydrogen-bond donors (Lipinski definition) is 1. The number of halogens is 1. The molecule has 0 aliphatic rings. The molecule has 0 aliphatic carbocycles. The second-order valence-corrected chi connectivity index (χ2v) is 7.56. The lowest BCUT2D eigenvalue weighted by molar-refractivity contribution is -0.123. The molecule has 0 bridgehead atoms. The van der Waals surface area contributed by atoms with E-state index in [1.54, 1.807) is 13.8 Å². The highest BCUT2D eigenvalue weighted by Crippen LogP contribution is 2.28. The van der Waals surface area contributed by atoms with E-state index in [1.165, 1.54) is 12.1 Å². The third kappa shape index (κ3) is 5.21. The molecular formula is C14H20ClNO4S. The first-order chi connectivity index (χ1) is 9.65. The van der Waals surface area contributed by atoms with E-state index in [0.717, 1.165) is 6.42 Å². The molecule has 0 spiro atoms. The Kier molecular flexibility index (Phi) is 6.04. The van der Waals surface area contributed by atoms with Gasteiger partial charge in [-0.25, -0.2) is 8.42 Å². The lowest BCUT2D eigenvalue weighted by atomic mass is 10.1. The molecule has 1 aromatic rings. The number of hydrogen-bond acceptors (Lipinski definition) is 4. The van der Waals surface area contributed by atoms with Crippen LogP contribution in [-0.4, -0.2) is 27.0 Å². The summed E-state index contributed by atoms with van der Waals surface area (Å²) in [6.45, 7) is 7.19. The fourth-order valence-corrected chi connectivity index (χ4v) is 2.74. The molecule has 1 amide bonds. The molecule has 0 radical (unpaired) electrons. The molecule has 1 unspecified atom stereocenters. The van der Waals surface area contributed by atoms with Crippen LogP contribution in [0, 0.1) is 13.8 Å². The van der Waals surface area contributed by atoms with Gasteiger partial charge in [0, 0.05) is 16.7 Å². The molecule has 7 heteroatoms. The Balaban J connectivity index is 2.84. The van der Waals surface area contributed by atoms with Crippen LogP contribution in [0.25, 0.3) is 0 Å². The maximum Gasteiger partial charge on any atom is 0.261 e. The molecule has 0 heterocycles. The maximum absolute atomic E-state index is 11.7. The normalized spacial score (nSPS) is 12.8. The smallest absolute Gasteiger partial charge is 0.261 e. The van der Waals surface area contributed by atoms with Gasteiger partial charge in [-0.1, -0.05) is 6.92 Å². The van der Waals surface area contributed by atoms with Crippen molar-refractivity contribution in [3.05, 3.63) is 23.3 Å². The minimum absolute atomic E-state index is 0.0237. The second-order valence-electron chi connectivity index (χ2n) is 4.99. The first kappa shape index (κ1) is 17.8. The molecular weight excluding hydrogens is 314 g/mol. The minimum Gasteiger partial charge on any atom is -0.483 e. The molecule has 5 nitrogen and oxygen atoms in total. The summed E-state index contributed by atoms with van der Waals surface area (Å²) in [6.07, 6.45) is 0.839. The molecule has 1 atom stereocenters. The fraction of sp³-hybridized carbons (Fsp3) is 0.500. The number of ether oxygens (including phenoxy) is 1. The van der Waals surface area contributed by atoms with Crippen molar-refractivity contribution in [3.8, 4) is 5.75 Å². The van der Waals surface area contributed by atoms with Crippen molar-refractivity contribution in [2.75, 3.05) is 6.61 Å². The Morgan fingerprint density at radius 1 is 1.33 bits per heavy atom. The molecule has 0 aliphatic heterocycles. The van der Waals surface area contributed by atoms with Crippen molar-refractivity contribution in [1.82, 2.24) is 5.32 Å². The summed E-state index contributed by atoms with van der Waals surface area (Å²) in [5.41, 5.74) is 1.23. The van der Waals surface area contributed by atoms with Crippen molar-refractivity contribution in [3.63, 3.8) is 0 Å². The topological polar surface area (TPSA) is 72.5 Å². The van der Waals surface area contributed by atoms with Crippen LogP contribution in [0.15, 0.2) is 17.0 Å². The SMILES string of the molecule is CCC(C)NC(=O)COc1c(C)cc(S(=O)(=O)Cl)cc1C. The van der Waals surface area contributed by atoms with Gasteiger partial charge >= 0.3 is 0 Å². The number of nitrogens with one attached hydrogen (secondary N) is 1. The number of rotatable bonds is 6. The molecule has 1 rings (SSSR count). The van der Waals surface area contributed by atoms with Crippen LogP contribution < -0.4 is 10.1 Å². The summed E-state index contributed by atoms with van der Waals surface area (Å²) < 4.78 is 28.2. The first-order valence-corrected chi connectivity index (χ1v) is 8.94. The third-order valence-corrected chi connectivity index (χ3v) is 4.42. The first-order valence-electron chi connectivity index (χ1n) is 6.63. The van der Waals surface area contributed by atoms with E-state index in [1.807, 2.05) is 13.8 Å². The fourth-order valence-electron chi connectivity index (χ4n) is 1.84. The quantitative estimate of drug-likeness (QED) is 0.812. The van der Waals surface area contributed by atoms with Crippen LogP contribution in [0.4, 0.5) is 0 Å². The average molecular weight is 334 g/mol. The molecule has 118 valence electrons. The molecule has 0 aromatic heterocycles. The molecule has 0 fully saturated rings. The number of carbonyl (C=O) groups excluding carboxylic acids is 1. The highest BCUT2D eigenvalue weighted by molar-refractivity contribution is 8.13. The van der Waals surface area contributed by atoms with Gasteiger partial charge in [0.05, 0.1) is 4.90 Å². The van der Waals surface area contributed by atoms with Crippen LogP contribution >= 0.6 is 10.7 Å². The van der Waals surface area contributed by atoms with Crippen molar-refractivity contribution in [2.45, 2.75) is 45.1 Å². The lowest BCUT2D eigenvalue weighted by Gasteiger charge is -2.15. The summed E-state index contributed by atoms with van der Waals surface area (Å²) >= 11 is 0. The highest BCUT2D eigenvalue weighted by atomic mass is 35.7. The van der Waals surface area contributed by atoms with Gasteiger partial charge in [0.25, 0.3) is 15.0 Å². The van der Waals surface area contributed by atoms with E-state index in [4.69, 9.17) is 15.4 Å². The number of benzene rings is 1. The Hall–Kier alpha value is -1.27. The maximum atomic E-state index is 11.7. The summed E-state index contributed by atoms with van der Waals surface area (Å²) in [7, 11) is 1.55. The predicted molar refractivity (Wildman–Crippen MR) is 82.3 cm³/mol. The van der Waals surface area contributed by atoms with Crippen LogP contribution in [0.5, 0.6) is 5.75 Å². The van der Waals surface area contributed by atoms with Crippen molar-refractivity contribution >= 4 is 25.6 Å². The van der Waals surface area contributed by atoms with E-state index in [-0.39, 0.29) is 23.5 Å². The summed E-state index contributed by atoms with van der Waals surface area (Å²) in [5.74, 6) is 0.288. The number of aryl methyl sites for hydroxylation is 2. The highest BCUT2D eigenvalue weighted by Gasteiger charge is 2.15. The van der Waals surface area contributed by atoms with Gasteiger partial charge in [-0.15, -0.1) is 0 Å². The third-order valence-electron chi connectivity index (χ3n) is 3.08. The Bertz CT molecular complexity index is 605. The predicted octanol–water partition coefficient (Wildman–Crippen LogP) is 2.52. The van der Waals surface area contributed by atoms with Gasteiger partial charge in [0.1, 0.15) is 5.75 Å². The van der Waals surface area contributed by atoms with Gasteiger partial charge in [0.2, 0.25) is 0 Å². The zero-order chi connectivity index (χ0) is 16.2. The molecule has 0 saturated carbocycles. The minimum atomic E-state index is -3.78. The van der Waals surface area contributed by atoms with Gasteiger partial charge in [0.15, 0.2) is 6.61 Å². The largest absolute Gasteiger partial charge is 0.483 e. The van der Waals surface area contributed by atoms with E-state index in [0.29, 0.717) is 16.9 Å².